The molecule has 0 aliphatic carbocycles. The Morgan fingerprint density at radius 3 is 3.00 bits per heavy atom. The molecule has 0 saturated heterocycles. The van der Waals surface area contributed by atoms with E-state index < -0.39 is 0 Å². The van der Waals surface area contributed by atoms with Crippen molar-refractivity contribution in [3.05, 3.63) is 30.1 Å². The fourth-order valence-corrected chi connectivity index (χ4v) is 1.79. The summed E-state index contributed by atoms with van der Waals surface area (Å²) in [7, 11) is 1.62. The molecule has 0 atom stereocenters. The minimum Gasteiger partial charge on any atom is -0.383 e. The Balaban J connectivity index is 1.98. The van der Waals surface area contributed by atoms with Gasteiger partial charge in [0.05, 0.1) is 18.8 Å². The maximum absolute atomic E-state index is 11.8. The van der Waals surface area contributed by atoms with Gasteiger partial charge in [-0.1, -0.05) is 6.07 Å². The number of ether oxygens (including phenoxy) is 1. The molecule has 0 saturated carbocycles. The molecule has 0 fully saturated rings. The van der Waals surface area contributed by atoms with E-state index in [1.165, 1.54) is 6.33 Å². The van der Waals surface area contributed by atoms with Crippen molar-refractivity contribution in [1.29, 1.82) is 0 Å². The second kappa shape index (κ2) is 7.46. The molecule has 8 nitrogen and oxygen atoms in total. The highest BCUT2D eigenvalue weighted by Gasteiger charge is 2.06. The molecule has 0 aliphatic rings. The molecule has 21 heavy (non-hydrogen) atoms. The number of rotatable bonds is 7. The number of carbonyl (C=O) groups excluding carboxylic acids is 1. The highest BCUT2D eigenvalue weighted by atomic mass is 16.5. The fourth-order valence-electron chi connectivity index (χ4n) is 1.79. The number of methoxy groups -OCH3 is 1. The van der Waals surface area contributed by atoms with Crippen molar-refractivity contribution < 1.29 is 9.53 Å². The first kappa shape index (κ1) is 15.1. The van der Waals surface area contributed by atoms with Gasteiger partial charge in [0, 0.05) is 19.3 Å². The van der Waals surface area contributed by atoms with Gasteiger partial charge in [-0.2, -0.15) is 0 Å². The molecule has 112 valence electrons. The van der Waals surface area contributed by atoms with Crippen molar-refractivity contribution in [2.24, 2.45) is 0 Å². The molecule has 2 rings (SSSR count). The van der Waals surface area contributed by atoms with Crippen LogP contribution in [-0.2, 0) is 9.53 Å². The van der Waals surface area contributed by atoms with Gasteiger partial charge in [0.25, 0.3) is 0 Å². The van der Waals surface area contributed by atoms with E-state index in [-0.39, 0.29) is 12.5 Å². The fraction of sp³-hybridized carbons (Fsp3) is 0.385. The van der Waals surface area contributed by atoms with Gasteiger partial charge in [-0.15, -0.1) is 5.10 Å². The van der Waals surface area contributed by atoms with Crippen molar-refractivity contribution in [1.82, 2.24) is 25.5 Å². The predicted octanol–water partition coefficient (Wildman–Crippen LogP) is 0.145. The van der Waals surface area contributed by atoms with Crippen molar-refractivity contribution in [3.63, 3.8) is 0 Å². The summed E-state index contributed by atoms with van der Waals surface area (Å²) in [6.07, 6.45) is 1.51. The second-order valence-electron chi connectivity index (χ2n) is 4.47. The molecule has 1 heterocycles. The summed E-state index contributed by atoms with van der Waals surface area (Å²) in [4.78, 5) is 11.8. The van der Waals surface area contributed by atoms with Gasteiger partial charge in [0.15, 0.2) is 0 Å². The van der Waals surface area contributed by atoms with E-state index in [4.69, 9.17) is 4.74 Å². The first-order chi connectivity index (χ1) is 10.2. The summed E-state index contributed by atoms with van der Waals surface area (Å²) in [5, 5.41) is 16.9. The summed E-state index contributed by atoms with van der Waals surface area (Å²) < 4.78 is 6.45. The van der Waals surface area contributed by atoms with Gasteiger partial charge in [-0.05, 0) is 35.0 Å². The summed E-state index contributed by atoms with van der Waals surface area (Å²) in [6, 6.07) is 5.58. The maximum Gasteiger partial charge on any atom is 0.238 e. The number of carbonyl (C=O) groups is 1. The summed E-state index contributed by atoms with van der Waals surface area (Å²) in [6.45, 7) is 3.39. The number of amides is 1. The van der Waals surface area contributed by atoms with Crippen molar-refractivity contribution in [2.75, 3.05) is 32.1 Å². The molecule has 0 bridgehead atoms. The third kappa shape index (κ3) is 4.33. The van der Waals surface area contributed by atoms with Gasteiger partial charge < -0.3 is 15.4 Å². The third-order valence-electron chi connectivity index (χ3n) is 2.86. The largest absolute Gasteiger partial charge is 0.383 e. The third-order valence-corrected chi connectivity index (χ3v) is 2.86. The van der Waals surface area contributed by atoms with Gasteiger partial charge in [0.2, 0.25) is 5.91 Å². The molecular weight excluding hydrogens is 272 g/mol. The van der Waals surface area contributed by atoms with Crippen LogP contribution in [0.2, 0.25) is 0 Å². The molecule has 0 unspecified atom stereocenters. The van der Waals surface area contributed by atoms with Crippen LogP contribution >= 0.6 is 0 Å². The number of aryl methyl sites for hydroxylation is 1. The molecule has 1 aromatic carbocycles. The lowest BCUT2D eigenvalue weighted by molar-refractivity contribution is -0.115. The van der Waals surface area contributed by atoms with Crippen LogP contribution in [0.5, 0.6) is 0 Å². The second-order valence-corrected chi connectivity index (χ2v) is 4.47. The number of nitrogens with zero attached hydrogens (tertiary/aromatic N) is 4. The lowest BCUT2D eigenvalue weighted by Crippen LogP contribution is -2.30. The van der Waals surface area contributed by atoms with Crippen LogP contribution in [0.1, 0.15) is 5.56 Å². The van der Waals surface area contributed by atoms with Crippen LogP contribution < -0.4 is 10.6 Å². The monoisotopic (exact) mass is 290 g/mol. The summed E-state index contributed by atoms with van der Waals surface area (Å²) in [5.74, 6) is -0.113. The van der Waals surface area contributed by atoms with Gasteiger partial charge in [-0.25, -0.2) is 4.68 Å². The zero-order valence-corrected chi connectivity index (χ0v) is 12.0. The first-order valence-corrected chi connectivity index (χ1v) is 6.54. The number of nitrogens with one attached hydrogen (secondary N) is 2. The number of anilines is 1. The van der Waals surface area contributed by atoms with Crippen LogP contribution in [0.25, 0.3) is 5.69 Å². The highest BCUT2D eigenvalue weighted by Crippen LogP contribution is 2.18. The van der Waals surface area contributed by atoms with E-state index in [9.17, 15) is 4.79 Å². The Hall–Kier alpha value is -2.32. The Labute approximate surface area is 122 Å². The standard InChI is InChI=1S/C13H18N6O2/c1-10-3-4-11(7-12(10)19-9-15-17-18-19)16-13(20)8-14-5-6-21-2/h3-4,7,9,14H,5-6,8H2,1-2H3,(H,16,20). The number of hydrogen-bond donors (Lipinski definition) is 2. The van der Waals surface area contributed by atoms with E-state index in [0.29, 0.717) is 18.8 Å². The first-order valence-electron chi connectivity index (χ1n) is 6.54. The van der Waals surface area contributed by atoms with Gasteiger partial charge >= 0.3 is 0 Å². The van der Waals surface area contributed by atoms with Crippen LogP contribution in [0.4, 0.5) is 5.69 Å². The average Bonchev–Trinajstić information content (AvgIpc) is 3.00. The molecule has 0 radical (unpaired) electrons. The SMILES string of the molecule is COCCNCC(=O)Nc1ccc(C)c(-n2cnnn2)c1. The number of benzene rings is 1. The molecule has 0 aliphatic heterocycles. The Bertz CT molecular complexity index is 584. The Morgan fingerprint density at radius 2 is 2.29 bits per heavy atom. The van der Waals surface area contributed by atoms with Crippen molar-refractivity contribution in [3.8, 4) is 5.69 Å². The normalized spacial score (nSPS) is 10.6. The van der Waals surface area contributed by atoms with E-state index >= 15 is 0 Å². The lowest BCUT2D eigenvalue weighted by atomic mass is 10.2. The summed E-state index contributed by atoms with van der Waals surface area (Å²) >= 11 is 0. The minimum atomic E-state index is -0.113. The number of aromatic nitrogens is 4. The number of hydrogen-bond acceptors (Lipinski definition) is 6. The molecule has 0 spiro atoms. The molecule has 1 amide bonds. The smallest absolute Gasteiger partial charge is 0.238 e. The molecule has 1 aromatic heterocycles. The highest BCUT2D eigenvalue weighted by molar-refractivity contribution is 5.92. The minimum absolute atomic E-state index is 0.113. The predicted molar refractivity (Wildman–Crippen MR) is 77.3 cm³/mol. The quantitative estimate of drug-likeness (QED) is 0.705. The lowest BCUT2D eigenvalue weighted by Gasteiger charge is -2.10. The zero-order valence-electron chi connectivity index (χ0n) is 12.0. The van der Waals surface area contributed by atoms with E-state index in [1.54, 1.807) is 11.8 Å². The van der Waals surface area contributed by atoms with Crippen LogP contribution in [0.15, 0.2) is 24.5 Å². The molecule has 2 N–H and O–H groups in total. The van der Waals surface area contributed by atoms with E-state index in [1.807, 2.05) is 25.1 Å². The van der Waals surface area contributed by atoms with E-state index in [0.717, 1.165) is 11.3 Å². The van der Waals surface area contributed by atoms with Crippen molar-refractivity contribution >= 4 is 11.6 Å². The van der Waals surface area contributed by atoms with Gasteiger partial charge in [-0.3, -0.25) is 4.79 Å². The van der Waals surface area contributed by atoms with Crippen molar-refractivity contribution in [2.45, 2.75) is 6.92 Å². The maximum atomic E-state index is 11.8. The number of tetrazole rings is 1. The average molecular weight is 290 g/mol. The van der Waals surface area contributed by atoms with E-state index in [2.05, 4.69) is 26.2 Å². The Morgan fingerprint density at radius 1 is 1.43 bits per heavy atom. The van der Waals surface area contributed by atoms with Crippen LogP contribution in [-0.4, -0.2) is 52.9 Å². The topological polar surface area (TPSA) is 94.0 Å². The van der Waals surface area contributed by atoms with Crippen LogP contribution in [0, 0.1) is 6.92 Å². The summed E-state index contributed by atoms with van der Waals surface area (Å²) in [5.41, 5.74) is 2.54. The molecular formula is C13H18N6O2. The van der Waals surface area contributed by atoms with Gasteiger partial charge in [0.1, 0.15) is 6.33 Å². The molecule has 8 heteroatoms. The molecule has 2 aromatic rings. The Kier molecular flexibility index (Phi) is 5.35. The van der Waals surface area contributed by atoms with Crippen LogP contribution in [0.3, 0.4) is 0 Å². The zero-order chi connectivity index (χ0) is 15.1.